The quantitative estimate of drug-likeness (QED) is 0.479. The smallest absolute Gasteiger partial charge is 0.337 e. The summed E-state index contributed by atoms with van der Waals surface area (Å²) in [6.45, 7) is 4.17. The first kappa shape index (κ1) is 23.8. The van der Waals surface area contributed by atoms with Gasteiger partial charge in [0.15, 0.2) is 0 Å². The van der Waals surface area contributed by atoms with E-state index in [9.17, 15) is 18.0 Å². The standard InChI is InChI=1S/C24H24N2O6S/c1-4-32-20-11-9-19(10-12-20)26-33(29,30)21-13-7-17(8-14-21)23(27)25-22-15-18(24(28)31-3)6-5-16(22)2/h5-15,26H,4H2,1-3H3,(H,25,27). The number of ether oxygens (including phenoxy) is 2. The van der Waals surface area contributed by atoms with E-state index in [1.807, 2.05) is 6.92 Å². The third kappa shape index (κ3) is 5.89. The molecule has 0 aliphatic carbocycles. The maximum Gasteiger partial charge on any atom is 0.337 e. The molecule has 0 heterocycles. The van der Waals surface area contributed by atoms with Crippen molar-refractivity contribution in [3.05, 3.63) is 83.4 Å². The second kappa shape index (κ2) is 10.2. The SMILES string of the molecule is CCOc1ccc(NS(=O)(=O)c2ccc(C(=O)Nc3cc(C(=O)OC)ccc3C)cc2)cc1. The predicted octanol–water partition coefficient (Wildman–Crippen LogP) is 4.23. The molecule has 3 aromatic rings. The normalized spacial score (nSPS) is 10.9. The summed E-state index contributed by atoms with van der Waals surface area (Å²) in [4.78, 5) is 24.4. The van der Waals surface area contributed by atoms with Crippen molar-refractivity contribution in [2.24, 2.45) is 0 Å². The van der Waals surface area contributed by atoms with E-state index in [1.165, 1.54) is 37.4 Å². The zero-order chi connectivity index (χ0) is 24.0. The second-order valence-corrected chi connectivity index (χ2v) is 8.75. The number of rotatable bonds is 8. The summed E-state index contributed by atoms with van der Waals surface area (Å²) < 4.78 is 37.9. The van der Waals surface area contributed by atoms with Gasteiger partial charge in [-0.1, -0.05) is 6.07 Å². The average Bonchev–Trinajstić information content (AvgIpc) is 2.81. The number of anilines is 2. The van der Waals surface area contributed by atoms with Gasteiger partial charge in [0, 0.05) is 16.9 Å². The highest BCUT2D eigenvalue weighted by Gasteiger charge is 2.16. The maximum absolute atomic E-state index is 12.7. The number of esters is 1. The highest BCUT2D eigenvalue weighted by atomic mass is 32.2. The van der Waals surface area contributed by atoms with E-state index in [4.69, 9.17) is 9.47 Å². The predicted molar refractivity (Wildman–Crippen MR) is 125 cm³/mol. The fourth-order valence-electron chi connectivity index (χ4n) is 2.98. The van der Waals surface area contributed by atoms with Crippen LogP contribution in [0.15, 0.2) is 71.6 Å². The molecule has 0 unspecified atom stereocenters. The molecule has 0 aromatic heterocycles. The molecular weight excluding hydrogens is 444 g/mol. The molecule has 2 N–H and O–H groups in total. The van der Waals surface area contributed by atoms with E-state index >= 15 is 0 Å². The van der Waals surface area contributed by atoms with Gasteiger partial charge in [0.25, 0.3) is 15.9 Å². The Morgan fingerprint density at radius 1 is 0.909 bits per heavy atom. The highest BCUT2D eigenvalue weighted by Crippen LogP contribution is 2.21. The van der Waals surface area contributed by atoms with Crippen molar-refractivity contribution in [1.82, 2.24) is 0 Å². The second-order valence-electron chi connectivity index (χ2n) is 7.06. The average molecular weight is 469 g/mol. The zero-order valence-electron chi connectivity index (χ0n) is 18.4. The van der Waals surface area contributed by atoms with Crippen LogP contribution < -0.4 is 14.8 Å². The number of hydrogen-bond donors (Lipinski definition) is 2. The summed E-state index contributed by atoms with van der Waals surface area (Å²) >= 11 is 0. The van der Waals surface area contributed by atoms with Crippen molar-refractivity contribution < 1.29 is 27.5 Å². The Bertz CT molecular complexity index is 1250. The molecular formula is C24H24N2O6S. The third-order valence-corrected chi connectivity index (χ3v) is 6.15. The fraction of sp³-hybridized carbons (Fsp3) is 0.167. The Hall–Kier alpha value is -3.85. The Morgan fingerprint density at radius 2 is 1.55 bits per heavy atom. The number of amides is 1. The number of sulfonamides is 1. The first-order valence-corrected chi connectivity index (χ1v) is 11.6. The molecule has 0 radical (unpaired) electrons. The molecule has 0 bridgehead atoms. The number of carbonyl (C=O) groups is 2. The monoisotopic (exact) mass is 468 g/mol. The number of methoxy groups -OCH3 is 1. The summed E-state index contributed by atoms with van der Waals surface area (Å²) in [6, 6.07) is 16.9. The van der Waals surface area contributed by atoms with E-state index in [0.29, 0.717) is 29.3 Å². The molecule has 9 heteroatoms. The number of hydrogen-bond acceptors (Lipinski definition) is 6. The Morgan fingerprint density at radius 3 is 2.15 bits per heavy atom. The first-order chi connectivity index (χ1) is 15.7. The molecule has 0 spiro atoms. The van der Waals surface area contributed by atoms with Crippen LogP contribution in [0.25, 0.3) is 0 Å². The van der Waals surface area contributed by atoms with Crippen LogP contribution in [0.1, 0.15) is 33.2 Å². The molecule has 0 saturated heterocycles. The number of carbonyl (C=O) groups excluding carboxylic acids is 2. The lowest BCUT2D eigenvalue weighted by atomic mass is 10.1. The lowest BCUT2D eigenvalue weighted by Gasteiger charge is -2.11. The molecule has 0 aliphatic rings. The van der Waals surface area contributed by atoms with Gasteiger partial charge in [-0.2, -0.15) is 0 Å². The van der Waals surface area contributed by atoms with Gasteiger partial charge in [-0.25, -0.2) is 13.2 Å². The molecule has 0 fully saturated rings. The van der Waals surface area contributed by atoms with Crippen LogP contribution in [-0.4, -0.2) is 34.0 Å². The van der Waals surface area contributed by atoms with E-state index in [-0.39, 0.29) is 10.5 Å². The Balaban J connectivity index is 1.72. The molecule has 0 aliphatic heterocycles. The molecule has 0 saturated carbocycles. The van der Waals surface area contributed by atoms with Crippen LogP contribution in [-0.2, 0) is 14.8 Å². The van der Waals surface area contributed by atoms with Crippen LogP contribution in [0, 0.1) is 6.92 Å². The largest absolute Gasteiger partial charge is 0.494 e. The minimum atomic E-state index is -3.84. The van der Waals surface area contributed by atoms with Gasteiger partial charge in [0.1, 0.15) is 5.75 Å². The van der Waals surface area contributed by atoms with Crippen molar-refractivity contribution in [2.75, 3.05) is 23.8 Å². The third-order valence-electron chi connectivity index (χ3n) is 4.75. The highest BCUT2D eigenvalue weighted by molar-refractivity contribution is 7.92. The van der Waals surface area contributed by atoms with Gasteiger partial charge in [-0.15, -0.1) is 0 Å². The summed E-state index contributed by atoms with van der Waals surface area (Å²) in [5.41, 5.74) is 2.17. The molecule has 0 atom stereocenters. The van der Waals surface area contributed by atoms with Gasteiger partial charge in [-0.3, -0.25) is 9.52 Å². The number of nitrogens with one attached hydrogen (secondary N) is 2. The van der Waals surface area contributed by atoms with Gasteiger partial charge in [0.05, 0.1) is 24.2 Å². The number of aryl methyl sites for hydroxylation is 1. The van der Waals surface area contributed by atoms with E-state index in [0.717, 1.165) is 5.56 Å². The Kier molecular flexibility index (Phi) is 7.34. The summed E-state index contributed by atoms with van der Waals surface area (Å²) in [7, 11) is -2.56. The fourth-order valence-corrected chi connectivity index (χ4v) is 4.04. The molecule has 172 valence electrons. The van der Waals surface area contributed by atoms with Crippen molar-refractivity contribution in [1.29, 1.82) is 0 Å². The van der Waals surface area contributed by atoms with E-state index in [1.54, 1.807) is 43.3 Å². The molecule has 1 amide bonds. The molecule has 33 heavy (non-hydrogen) atoms. The topological polar surface area (TPSA) is 111 Å². The summed E-state index contributed by atoms with van der Waals surface area (Å²) in [5.74, 6) is -0.313. The van der Waals surface area contributed by atoms with Crippen LogP contribution in [0.2, 0.25) is 0 Å². The summed E-state index contributed by atoms with van der Waals surface area (Å²) in [6.07, 6.45) is 0. The van der Waals surface area contributed by atoms with Crippen LogP contribution in [0.5, 0.6) is 5.75 Å². The Labute approximate surface area is 192 Å². The van der Waals surface area contributed by atoms with Gasteiger partial charge in [0.2, 0.25) is 0 Å². The van der Waals surface area contributed by atoms with Crippen molar-refractivity contribution in [2.45, 2.75) is 18.7 Å². The van der Waals surface area contributed by atoms with Crippen molar-refractivity contribution >= 4 is 33.3 Å². The van der Waals surface area contributed by atoms with E-state index < -0.39 is 21.9 Å². The minimum Gasteiger partial charge on any atom is -0.494 e. The molecule has 3 rings (SSSR count). The van der Waals surface area contributed by atoms with Crippen LogP contribution in [0.3, 0.4) is 0 Å². The van der Waals surface area contributed by atoms with Gasteiger partial charge in [-0.05, 0) is 80.1 Å². The first-order valence-electron chi connectivity index (χ1n) is 10.1. The molecule has 8 nitrogen and oxygen atoms in total. The molecule has 3 aromatic carbocycles. The van der Waals surface area contributed by atoms with Gasteiger partial charge < -0.3 is 14.8 Å². The maximum atomic E-state index is 12.7. The van der Waals surface area contributed by atoms with Crippen molar-refractivity contribution in [3.8, 4) is 5.75 Å². The van der Waals surface area contributed by atoms with Crippen molar-refractivity contribution in [3.63, 3.8) is 0 Å². The van der Waals surface area contributed by atoms with Gasteiger partial charge >= 0.3 is 5.97 Å². The minimum absolute atomic E-state index is 0.0109. The van der Waals surface area contributed by atoms with Crippen LogP contribution in [0.4, 0.5) is 11.4 Å². The zero-order valence-corrected chi connectivity index (χ0v) is 19.2. The van der Waals surface area contributed by atoms with Crippen LogP contribution >= 0.6 is 0 Å². The lowest BCUT2D eigenvalue weighted by Crippen LogP contribution is -2.15. The lowest BCUT2D eigenvalue weighted by molar-refractivity contribution is 0.0600. The van der Waals surface area contributed by atoms with E-state index in [2.05, 4.69) is 10.0 Å². The summed E-state index contributed by atoms with van der Waals surface area (Å²) in [5, 5.41) is 2.74. The number of benzene rings is 3.